The first-order valence-electron chi connectivity index (χ1n) is 9.85. The summed E-state index contributed by atoms with van der Waals surface area (Å²) in [6.07, 6.45) is 8.47. The molecule has 25 heavy (non-hydrogen) atoms. The Morgan fingerprint density at radius 1 is 1.16 bits per heavy atom. The number of H-pyrrole nitrogens is 1. The van der Waals surface area contributed by atoms with Crippen LogP contribution in [0.25, 0.3) is 11.0 Å². The van der Waals surface area contributed by atoms with Crippen molar-refractivity contribution in [2.45, 2.75) is 56.9 Å². The summed E-state index contributed by atoms with van der Waals surface area (Å²) in [5.41, 5.74) is 2.15. The van der Waals surface area contributed by atoms with Crippen molar-refractivity contribution < 1.29 is 9.69 Å². The highest BCUT2D eigenvalue weighted by molar-refractivity contribution is 5.77. The van der Waals surface area contributed by atoms with Gasteiger partial charge in [-0.25, -0.2) is 4.98 Å². The molecular weight excluding hydrogens is 312 g/mol. The second kappa shape index (κ2) is 7.56. The first-order valence-corrected chi connectivity index (χ1v) is 9.85. The molecule has 5 heteroatoms. The van der Waals surface area contributed by atoms with Crippen molar-refractivity contribution in [2.24, 2.45) is 0 Å². The molecule has 1 saturated heterocycles. The minimum absolute atomic E-state index is 0.229. The topological polar surface area (TPSA) is 62.2 Å². The molecule has 2 atom stereocenters. The molecule has 1 aromatic carbocycles. The highest BCUT2D eigenvalue weighted by atomic mass is 16.2. The second-order valence-corrected chi connectivity index (χ2v) is 7.76. The number of para-hydroxylation sites is 2. The lowest BCUT2D eigenvalue weighted by atomic mass is 9.95. The third-order valence-corrected chi connectivity index (χ3v) is 5.79. The largest absolute Gasteiger partial charge is 0.348 e. The fourth-order valence-corrected chi connectivity index (χ4v) is 4.46. The zero-order valence-corrected chi connectivity index (χ0v) is 14.9. The van der Waals surface area contributed by atoms with Crippen LogP contribution in [0.1, 0.15) is 56.7 Å². The summed E-state index contributed by atoms with van der Waals surface area (Å²) < 4.78 is 0. The number of imidazole rings is 1. The number of benzene rings is 1. The number of nitrogens with zero attached hydrogens (tertiary/aromatic N) is 1. The zero-order chi connectivity index (χ0) is 17.1. The number of nitrogens with one attached hydrogen (secondary N) is 3. The van der Waals surface area contributed by atoms with Gasteiger partial charge in [0.2, 0.25) is 0 Å². The van der Waals surface area contributed by atoms with Gasteiger partial charge in [0.15, 0.2) is 6.54 Å². The van der Waals surface area contributed by atoms with Crippen molar-refractivity contribution in [1.82, 2.24) is 15.3 Å². The normalized spacial score (nSPS) is 25.1. The molecule has 134 valence electrons. The number of quaternary nitrogens is 1. The number of fused-ring (bicyclic) bond motifs is 1. The Hall–Kier alpha value is -1.88. The Morgan fingerprint density at radius 2 is 2.00 bits per heavy atom. The Balaban J connectivity index is 1.34. The Kier molecular flexibility index (Phi) is 5.02. The number of rotatable bonds is 4. The van der Waals surface area contributed by atoms with E-state index in [4.69, 9.17) is 4.98 Å². The molecule has 1 aliphatic carbocycles. The van der Waals surface area contributed by atoms with Gasteiger partial charge in [0.05, 0.1) is 30.0 Å². The molecule has 2 aliphatic rings. The molecular formula is C20H29N4O+. The maximum Gasteiger partial charge on any atom is 0.275 e. The average Bonchev–Trinajstić information content (AvgIpc) is 3.07. The fraction of sp³-hybridized carbons (Fsp3) is 0.600. The van der Waals surface area contributed by atoms with Gasteiger partial charge in [-0.1, -0.05) is 31.4 Å². The van der Waals surface area contributed by atoms with Crippen LogP contribution < -0.4 is 10.2 Å². The number of aromatic nitrogens is 2. The van der Waals surface area contributed by atoms with Crippen LogP contribution >= 0.6 is 0 Å². The Labute approximate surface area is 149 Å². The summed E-state index contributed by atoms with van der Waals surface area (Å²) in [6, 6.07) is 8.62. The standard InChI is InChI=1S/C20H28N4O/c25-19(21-16-8-2-1-3-9-16)14-24-12-6-7-15(13-24)20-22-17-10-4-5-11-18(17)23-20/h4-5,10-11,15-16H,1-3,6-9,12-14H2,(H,21,25)(H,22,23)/p+1/t15-/m1/s1. The Morgan fingerprint density at radius 3 is 2.84 bits per heavy atom. The maximum absolute atomic E-state index is 12.4. The summed E-state index contributed by atoms with van der Waals surface area (Å²) >= 11 is 0. The maximum atomic E-state index is 12.4. The third-order valence-electron chi connectivity index (χ3n) is 5.79. The van der Waals surface area contributed by atoms with Gasteiger partial charge in [-0.05, 0) is 37.8 Å². The molecule has 5 nitrogen and oxygen atoms in total. The van der Waals surface area contributed by atoms with E-state index < -0.39 is 0 Å². The number of aromatic amines is 1. The van der Waals surface area contributed by atoms with Crippen LogP contribution in [-0.4, -0.2) is 41.6 Å². The monoisotopic (exact) mass is 341 g/mol. The molecule has 3 N–H and O–H groups in total. The lowest BCUT2D eigenvalue weighted by Gasteiger charge is -2.29. The van der Waals surface area contributed by atoms with Crippen LogP contribution in [0, 0.1) is 0 Å². The average molecular weight is 341 g/mol. The molecule has 2 heterocycles. The van der Waals surface area contributed by atoms with Gasteiger partial charge >= 0.3 is 0 Å². The number of amides is 1. The van der Waals surface area contributed by atoms with E-state index in [2.05, 4.69) is 22.4 Å². The molecule has 1 aromatic heterocycles. The van der Waals surface area contributed by atoms with E-state index >= 15 is 0 Å². The van der Waals surface area contributed by atoms with E-state index in [0.29, 0.717) is 18.5 Å². The number of hydrogen-bond acceptors (Lipinski definition) is 2. The van der Waals surface area contributed by atoms with Crippen molar-refractivity contribution in [1.29, 1.82) is 0 Å². The van der Waals surface area contributed by atoms with Crippen molar-refractivity contribution in [3.05, 3.63) is 30.1 Å². The summed E-state index contributed by atoms with van der Waals surface area (Å²) in [5, 5.41) is 3.26. The number of hydrogen-bond donors (Lipinski definition) is 3. The molecule has 0 bridgehead atoms. The predicted octanol–water partition coefficient (Wildman–Crippen LogP) is 1.77. The first kappa shape index (κ1) is 16.6. The highest BCUT2D eigenvalue weighted by Gasteiger charge is 2.28. The zero-order valence-electron chi connectivity index (χ0n) is 14.9. The van der Waals surface area contributed by atoms with Gasteiger partial charge < -0.3 is 15.2 Å². The van der Waals surface area contributed by atoms with E-state index in [1.807, 2.05) is 12.1 Å². The van der Waals surface area contributed by atoms with Gasteiger partial charge in [0.25, 0.3) is 5.91 Å². The van der Waals surface area contributed by atoms with Gasteiger partial charge in [-0.15, -0.1) is 0 Å². The minimum Gasteiger partial charge on any atom is -0.348 e. The lowest BCUT2D eigenvalue weighted by molar-refractivity contribution is -0.898. The number of likely N-dealkylation sites (tertiary alicyclic amines) is 1. The molecule has 1 amide bonds. The van der Waals surface area contributed by atoms with E-state index in [9.17, 15) is 4.79 Å². The van der Waals surface area contributed by atoms with Crippen LogP contribution in [0.3, 0.4) is 0 Å². The Bertz CT molecular complexity index is 686. The SMILES string of the molecule is O=C(C[NH+]1CCC[C@@H](c2nc3ccccc3[nH]2)C1)NC1CCCCC1. The quantitative estimate of drug-likeness (QED) is 0.794. The molecule has 1 unspecified atom stereocenters. The van der Waals surface area contributed by atoms with Gasteiger partial charge in [0, 0.05) is 6.04 Å². The minimum atomic E-state index is 0.229. The van der Waals surface area contributed by atoms with E-state index in [0.717, 1.165) is 55.6 Å². The fourth-order valence-electron chi connectivity index (χ4n) is 4.46. The van der Waals surface area contributed by atoms with Gasteiger partial charge in [0.1, 0.15) is 5.82 Å². The van der Waals surface area contributed by atoms with Crippen molar-refractivity contribution in [2.75, 3.05) is 19.6 Å². The molecule has 0 spiro atoms. The molecule has 1 aliphatic heterocycles. The van der Waals surface area contributed by atoms with E-state index in [1.165, 1.54) is 24.2 Å². The van der Waals surface area contributed by atoms with Crippen molar-refractivity contribution in [3.8, 4) is 0 Å². The van der Waals surface area contributed by atoms with E-state index in [-0.39, 0.29) is 5.91 Å². The van der Waals surface area contributed by atoms with Crippen LogP contribution in [-0.2, 0) is 4.79 Å². The van der Waals surface area contributed by atoms with Crippen LogP contribution in [0.5, 0.6) is 0 Å². The number of carbonyl (C=O) groups excluding carboxylic acids is 1. The van der Waals surface area contributed by atoms with Crippen LogP contribution in [0.15, 0.2) is 24.3 Å². The van der Waals surface area contributed by atoms with Crippen LogP contribution in [0.4, 0.5) is 0 Å². The summed E-state index contributed by atoms with van der Waals surface area (Å²) in [4.78, 5) is 22.1. The summed E-state index contributed by atoms with van der Waals surface area (Å²) in [5.74, 6) is 1.75. The highest BCUT2D eigenvalue weighted by Crippen LogP contribution is 2.22. The number of piperidine rings is 1. The van der Waals surface area contributed by atoms with Gasteiger partial charge in [-0.2, -0.15) is 0 Å². The third kappa shape index (κ3) is 4.03. The van der Waals surface area contributed by atoms with Crippen LogP contribution in [0.2, 0.25) is 0 Å². The lowest BCUT2D eigenvalue weighted by Crippen LogP contribution is -3.14. The second-order valence-electron chi connectivity index (χ2n) is 7.76. The van der Waals surface area contributed by atoms with Crippen molar-refractivity contribution in [3.63, 3.8) is 0 Å². The first-order chi connectivity index (χ1) is 12.3. The summed E-state index contributed by atoms with van der Waals surface area (Å²) in [6.45, 7) is 2.69. The number of carbonyl (C=O) groups is 1. The van der Waals surface area contributed by atoms with Gasteiger partial charge in [-0.3, -0.25) is 4.79 Å². The van der Waals surface area contributed by atoms with Crippen molar-refractivity contribution >= 4 is 16.9 Å². The molecule has 2 aromatic rings. The predicted molar refractivity (Wildman–Crippen MR) is 98.6 cm³/mol. The molecule has 2 fully saturated rings. The van der Waals surface area contributed by atoms with E-state index in [1.54, 1.807) is 0 Å². The smallest absolute Gasteiger partial charge is 0.275 e. The molecule has 4 rings (SSSR count). The molecule has 0 radical (unpaired) electrons. The summed E-state index contributed by atoms with van der Waals surface area (Å²) in [7, 11) is 0. The molecule has 1 saturated carbocycles.